The van der Waals surface area contributed by atoms with Crippen molar-refractivity contribution < 1.29 is 13.9 Å². The van der Waals surface area contributed by atoms with Crippen molar-refractivity contribution in [3.63, 3.8) is 0 Å². The van der Waals surface area contributed by atoms with Crippen LogP contribution in [0.5, 0.6) is 5.75 Å². The normalized spacial score (nSPS) is 18.5. The molecule has 1 unspecified atom stereocenters. The lowest BCUT2D eigenvalue weighted by molar-refractivity contribution is -0.136. The standard InChI is InChI=1S/C27H30FN5O2/c1-35-24-6-2-5-23(18-24)31-14-16-32(17-15-31)27(34)21-4-3-13-33(19-21)26-12-11-25(29-30-26)20-7-9-22(28)10-8-20/h2,5-12,18,21H,3-4,13-17,19H2,1H3. The second kappa shape index (κ2) is 10.3. The topological polar surface area (TPSA) is 61.8 Å². The van der Waals surface area contributed by atoms with Gasteiger partial charge in [0.25, 0.3) is 0 Å². The predicted molar refractivity (Wildman–Crippen MR) is 134 cm³/mol. The van der Waals surface area contributed by atoms with E-state index in [1.165, 1.54) is 12.1 Å². The maximum absolute atomic E-state index is 13.3. The van der Waals surface area contributed by atoms with Crippen molar-refractivity contribution in [1.29, 1.82) is 0 Å². The van der Waals surface area contributed by atoms with Crippen molar-refractivity contribution >= 4 is 17.4 Å². The lowest BCUT2D eigenvalue weighted by Gasteiger charge is -2.40. The first-order valence-electron chi connectivity index (χ1n) is 12.1. The van der Waals surface area contributed by atoms with E-state index in [0.29, 0.717) is 12.2 Å². The summed E-state index contributed by atoms with van der Waals surface area (Å²) in [5.41, 5.74) is 2.65. The summed E-state index contributed by atoms with van der Waals surface area (Å²) < 4.78 is 18.5. The van der Waals surface area contributed by atoms with Crippen molar-refractivity contribution in [3.05, 3.63) is 66.5 Å². The maximum atomic E-state index is 13.3. The van der Waals surface area contributed by atoms with Crippen LogP contribution >= 0.6 is 0 Å². The smallest absolute Gasteiger partial charge is 0.227 e. The number of methoxy groups -OCH3 is 1. The zero-order chi connectivity index (χ0) is 24.2. The number of ether oxygens (including phenoxy) is 1. The van der Waals surface area contributed by atoms with Crippen LogP contribution in [0.4, 0.5) is 15.9 Å². The summed E-state index contributed by atoms with van der Waals surface area (Å²) >= 11 is 0. The van der Waals surface area contributed by atoms with Gasteiger partial charge in [-0.05, 0) is 61.4 Å². The molecular weight excluding hydrogens is 445 g/mol. The Balaban J connectivity index is 1.18. The number of carbonyl (C=O) groups is 1. The quantitative estimate of drug-likeness (QED) is 0.559. The monoisotopic (exact) mass is 475 g/mol. The molecule has 8 heteroatoms. The minimum Gasteiger partial charge on any atom is -0.497 e. The molecule has 1 atom stereocenters. The van der Waals surface area contributed by atoms with Gasteiger partial charge in [-0.25, -0.2) is 4.39 Å². The third kappa shape index (κ3) is 5.21. The molecule has 0 aliphatic carbocycles. The third-order valence-electron chi connectivity index (χ3n) is 6.89. The molecule has 182 valence electrons. The lowest BCUT2D eigenvalue weighted by Crippen LogP contribution is -2.52. The molecule has 1 amide bonds. The second-order valence-electron chi connectivity index (χ2n) is 9.08. The molecular formula is C27H30FN5O2. The van der Waals surface area contributed by atoms with Gasteiger partial charge >= 0.3 is 0 Å². The van der Waals surface area contributed by atoms with E-state index < -0.39 is 0 Å². The van der Waals surface area contributed by atoms with Gasteiger partial charge in [0.15, 0.2) is 5.82 Å². The number of nitrogens with zero attached hydrogens (tertiary/aromatic N) is 5. The summed E-state index contributed by atoms with van der Waals surface area (Å²) in [4.78, 5) is 19.8. The number of piperazine rings is 1. The van der Waals surface area contributed by atoms with E-state index in [0.717, 1.165) is 68.4 Å². The third-order valence-corrected chi connectivity index (χ3v) is 6.89. The van der Waals surface area contributed by atoms with Crippen molar-refractivity contribution in [2.75, 3.05) is 56.2 Å². The average Bonchev–Trinajstić information content (AvgIpc) is 2.93. The number of halogens is 1. The molecule has 0 spiro atoms. The first-order chi connectivity index (χ1) is 17.1. The Kier molecular flexibility index (Phi) is 6.79. The molecule has 0 bridgehead atoms. The minimum absolute atomic E-state index is 0.0364. The highest BCUT2D eigenvalue weighted by atomic mass is 19.1. The van der Waals surface area contributed by atoms with Crippen LogP contribution in [-0.4, -0.2) is 67.4 Å². The largest absolute Gasteiger partial charge is 0.497 e. The van der Waals surface area contributed by atoms with Crippen LogP contribution < -0.4 is 14.5 Å². The van der Waals surface area contributed by atoms with E-state index in [9.17, 15) is 9.18 Å². The molecule has 5 rings (SSSR count). The Labute approximate surface area is 205 Å². The highest BCUT2D eigenvalue weighted by Crippen LogP contribution is 2.26. The number of amides is 1. The van der Waals surface area contributed by atoms with Crippen molar-refractivity contribution in [1.82, 2.24) is 15.1 Å². The van der Waals surface area contributed by atoms with Crippen molar-refractivity contribution in [3.8, 4) is 17.0 Å². The van der Waals surface area contributed by atoms with E-state index in [1.807, 2.05) is 35.2 Å². The molecule has 35 heavy (non-hydrogen) atoms. The fourth-order valence-corrected chi connectivity index (χ4v) is 4.91. The molecule has 1 aromatic heterocycles. The van der Waals surface area contributed by atoms with Crippen LogP contribution in [0.25, 0.3) is 11.3 Å². The Hall–Kier alpha value is -3.68. The molecule has 2 aromatic carbocycles. The summed E-state index contributed by atoms with van der Waals surface area (Å²) in [6.07, 6.45) is 1.84. The van der Waals surface area contributed by atoms with Crippen LogP contribution in [0.2, 0.25) is 0 Å². The van der Waals surface area contributed by atoms with Gasteiger partial charge in [0, 0.05) is 56.6 Å². The van der Waals surface area contributed by atoms with Crippen LogP contribution in [-0.2, 0) is 4.79 Å². The molecule has 7 nitrogen and oxygen atoms in total. The highest BCUT2D eigenvalue weighted by Gasteiger charge is 2.31. The molecule has 2 aliphatic rings. The summed E-state index contributed by atoms with van der Waals surface area (Å²) in [7, 11) is 1.68. The van der Waals surface area contributed by atoms with E-state index >= 15 is 0 Å². The van der Waals surface area contributed by atoms with Gasteiger partial charge in [0.1, 0.15) is 11.6 Å². The molecule has 0 radical (unpaired) electrons. The van der Waals surface area contributed by atoms with Crippen LogP contribution in [0.3, 0.4) is 0 Å². The first kappa shape index (κ1) is 23.1. The number of rotatable bonds is 5. The molecule has 3 heterocycles. The Morgan fingerprint density at radius 3 is 2.46 bits per heavy atom. The summed E-state index contributed by atoms with van der Waals surface area (Å²) in [6.45, 7) is 4.58. The molecule has 2 saturated heterocycles. The van der Waals surface area contributed by atoms with Gasteiger partial charge in [-0.3, -0.25) is 4.79 Å². The van der Waals surface area contributed by atoms with Gasteiger partial charge < -0.3 is 19.4 Å². The fourth-order valence-electron chi connectivity index (χ4n) is 4.91. The predicted octanol–water partition coefficient (Wildman–Crippen LogP) is 3.86. The fraction of sp³-hybridized carbons (Fsp3) is 0.370. The Bertz CT molecular complexity index is 1150. The SMILES string of the molecule is COc1cccc(N2CCN(C(=O)C3CCCN(c4ccc(-c5ccc(F)cc5)nn4)C3)CC2)c1. The minimum atomic E-state index is -0.274. The number of aromatic nitrogens is 2. The summed E-state index contributed by atoms with van der Waals surface area (Å²) in [6, 6.07) is 18.1. The Morgan fingerprint density at radius 2 is 1.74 bits per heavy atom. The van der Waals surface area contributed by atoms with Gasteiger partial charge in [-0.2, -0.15) is 0 Å². The highest BCUT2D eigenvalue weighted by molar-refractivity contribution is 5.80. The number of piperidine rings is 1. The number of benzene rings is 2. The van der Waals surface area contributed by atoms with E-state index in [2.05, 4.69) is 26.1 Å². The van der Waals surface area contributed by atoms with Crippen molar-refractivity contribution in [2.45, 2.75) is 12.8 Å². The van der Waals surface area contributed by atoms with Gasteiger partial charge in [0.2, 0.25) is 5.91 Å². The number of carbonyl (C=O) groups excluding carboxylic acids is 1. The summed E-state index contributed by atoms with van der Waals surface area (Å²) in [5.74, 6) is 1.54. The number of hydrogen-bond acceptors (Lipinski definition) is 6. The van der Waals surface area contributed by atoms with E-state index in [1.54, 1.807) is 19.2 Å². The van der Waals surface area contributed by atoms with Gasteiger partial charge in [-0.1, -0.05) is 6.07 Å². The second-order valence-corrected chi connectivity index (χ2v) is 9.08. The zero-order valence-electron chi connectivity index (χ0n) is 19.9. The lowest BCUT2D eigenvalue weighted by atomic mass is 9.96. The summed E-state index contributed by atoms with van der Waals surface area (Å²) in [5, 5.41) is 8.74. The van der Waals surface area contributed by atoms with Gasteiger partial charge in [-0.15, -0.1) is 10.2 Å². The van der Waals surface area contributed by atoms with E-state index in [-0.39, 0.29) is 17.6 Å². The molecule has 2 aliphatic heterocycles. The molecule has 3 aromatic rings. The number of anilines is 2. The average molecular weight is 476 g/mol. The Morgan fingerprint density at radius 1 is 0.943 bits per heavy atom. The van der Waals surface area contributed by atoms with E-state index in [4.69, 9.17) is 4.74 Å². The molecule has 0 N–H and O–H groups in total. The maximum Gasteiger partial charge on any atom is 0.227 e. The first-order valence-corrected chi connectivity index (χ1v) is 12.1. The molecule has 0 saturated carbocycles. The van der Waals surface area contributed by atoms with Gasteiger partial charge in [0.05, 0.1) is 18.7 Å². The van der Waals surface area contributed by atoms with Crippen LogP contribution in [0.1, 0.15) is 12.8 Å². The van der Waals surface area contributed by atoms with Crippen LogP contribution in [0.15, 0.2) is 60.7 Å². The zero-order valence-corrected chi connectivity index (χ0v) is 19.9. The number of hydrogen-bond donors (Lipinski definition) is 0. The molecule has 2 fully saturated rings. The van der Waals surface area contributed by atoms with Crippen molar-refractivity contribution in [2.24, 2.45) is 5.92 Å². The van der Waals surface area contributed by atoms with Crippen LogP contribution in [0, 0.1) is 11.7 Å².